The molecule has 1 aliphatic heterocycles. The van der Waals surface area contributed by atoms with Gasteiger partial charge in [0, 0.05) is 19.7 Å². The fraction of sp³-hybridized carbons (Fsp3) is 0.160. The van der Waals surface area contributed by atoms with Gasteiger partial charge in [-0.25, -0.2) is 9.07 Å². The normalized spacial score (nSPS) is 15.4. The summed E-state index contributed by atoms with van der Waals surface area (Å²) < 4.78 is 41.0. The number of para-hydroxylation sites is 1. The molecular weight excluding hydrogens is 484 g/mol. The lowest BCUT2D eigenvalue weighted by Crippen LogP contribution is -2.17. The summed E-state index contributed by atoms with van der Waals surface area (Å²) in [5, 5.41) is 21.7. The largest absolute Gasteiger partial charge is 0.454 e. The Kier molecular flexibility index (Phi) is 6.70. The number of hydrogen-bond donors (Lipinski definition) is 0. The zero-order chi connectivity index (χ0) is 25.8. The second kappa shape index (κ2) is 10.4. The average Bonchev–Trinajstić information content (AvgIpc) is 3.50. The number of benzene rings is 3. The van der Waals surface area contributed by atoms with Crippen LogP contribution in [-0.2, 0) is 16.6 Å². The summed E-state index contributed by atoms with van der Waals surface area (Å²) in [5.41, 5.74) is 1.76. The number of hydrazone groups is 1. The van der Waals surface area contributed by atoms with E-state index >= 15 is 0 Å². The van der Waals surface area contributed by atoms with Crippen LogP contribution in [0.3, 0.4) is 0 Å². The van der Waals surface area contributed by atoms with Crippen molar-refractivity contribution in [3.63, 3.8) is 0 Å². The highest BCUT2D eigenvalue weighted by atomic mass is 19.2. The van der Waals surface area contributed by atoms with E-state index in [1.54, 1.807) is 43.4 Å². The van der Waals surface area contributed by atoms with Crippen molar-refractivity contribution in [2.24, 2.45) is 17.3 Å². The Balaban J connectivity index is 1.31. The molecule has 5 rings (SSSR count). The number of tetrazole rings is 1. The highest BCUT2D eigenvalue weighted by molar-refractivity contribution is 6.10. The van der Waals surface area contributed by atoms with Crippen molar-refractivity contribution in [2.45, 2.75) is 6.23 Å². The van der Waals surface area contributed by atoms with Gasteiger partial charge >= 0.3 is 0 Å². The van der Waals surface area contributed by atoms with Crippen LogP contribution >= 0.6 is 0 Å². The molecule has 1 aliphatic rings. The highest BCUT2D eigenvalue weighted by Crippen LogP contribution is 2.36. The number of rotatable bonds is 8. The molecule has 37 heavy (non-hydrogen) atoms. The van der Waals surface area contributed by atoms with Gasteiger partial charge in [0.2, 0.25) is 23.8 Å². The maximum Gasteiger partial charge on any atom is 0.249 e. The summed E-state index contributed by atoms with van der Waals surface area (Å²) in [4.78, 5) is 5.57. The number of ether oxygens (including phenoxy) is 2. The second-order valence-electron chi connectivity index (χ2n) is 7.93. The molecule has 10 nitrogen and oxygen atoms in total. The van der Waals surface area contributed by atoms with Gasteiger partial charge in [-0.2, -0.15) is 4.39 Å². The molecule has 0 saturated carbocycles. The smallest absolute Gasteiger partial charge is 0.249 e. The zero-order valence-corrected chi connectivity index (χ0v) is 19.8. The number of aromatic nitrogens is 4. The molecular formula is C25H21F2N7O3. The van der Waals surface area contributed by atoms with Crippen LogP contribution in [0.15, 0.2) is 83.1 Å². The monoisotopic (exact) mass is 505 g/mol. The minimum atomic E-state index is -1.08. The van der Waals surface area contributed by atoms with Crippen molar-refractivity contribution in [1.29, 1.82) is 0 Å². The van der Waals surface area contributed by atoms with Gasteiger partial charge in [0.15, 0.2) is 23.9 Å². The first-order valence-corrected chi connectivity index (χ1v) is 11.2. The molecule has 4 aromatic rings. The molecule has 3 aromatic carbocycles. The number of nitrogens with zero attached hydrogens (tertiary/aromatic N) is 7. The van der Waals surface area contributed by atoms with Crippen molar-refractivity contribution in [2.75, 3.05) is 13.7 Å². The van der Waals surface area contributed by atoms with Crippen molar-refractivity contribution >= 4 is 11.6 Å². The van der Waals surface area contributed by atoms with E-state index in [0.717, 1.165) is 11.6 Å². The summed E-state index contributed by atoms with van der Waals surface area (Å²) in [6.45, 7) is -0.0794. The maximum absolute atomic E-state index is 14.2. The Morgan fingerprint density at radius 2 is 1.73 bits per heavy atom. The molecule has 0 N–H and O–H groups in total. The molecule has 1 unspecified atom stereocenters. The Hall–Kier alpha value is -4.87. The van der Waals surface area contributed by atoms with E-state index in [-0.39, 0.29) is 18.3 Å². The van der Waals surface area contributed by atoms with Crippen LogP contribution in [0.2, 0.25) is 0 Å². The molecule has 0 saturated heterocycles. The summed E-state index contributed by atoms with van der Waals surface area (Å²) in [5.74, 6) is -1.34. The molecule has 12 heteroatoms. The van der Waals surface area contributed by atoms with Crippen LogP contribution in [0.25, 0.3) is 0 Å². The topological polar surface area (TPSA) is 99.2 Å². The fourth-order valence-corrected chi connectivity index (χ4v) is 3.64. The first kappa shape index (κ1) is 23.9. The SMILES string of the molecule is CN1N=C(CO/N=C(/c2ccccc2)c2nnnn2C)OC1c1ccccc1Oc1cccc(F)c1F. The quantitative estimate of drug-likeness (QED) is 0.263. The van der Waals surface area contributed by atoms with Gasteiger partial charge < -0.3 is 14.3 Å². The average molecular weight is 505 g/mol. The van der Waals surface area contributed by atoms with E-state index < -0.39 is 17.9 Å². The lowest BCUT2D eigenvalue weighted by Gasteiger charge is -2.21. The molecule has 1 atom stereocenters. The highest BCUT2D eigenvalue weighted by Gasteiger charge is 2.30. The Labute approximate surface area is 210 Å². The van der Waals surface area contributed by atoms with Crippen LogP contribution in [0.4, 0.5) is 8.78 Å². The minimum absolute atomic E-state index is 0.0794. The molecule has 0 spiro atoms. The van der Waals surface area contributed by atoms with E-state index in [9.17, 15) is 8.78 Å². The summed E-state index contributed by atoms with van der Waals surface area (Å²) in [6, 6.07) is 20.0. The number of hydrogen-bond acceptors (Lipinski definition) is 9. The molecule has 2 heterocycles. The van der Waals surface area contributed by atoms with Gasteiger partial charge in [0.25, 0.3) is 0 Å². The first-order chi connectivity index (χ1) is 18.0. The van der Waals surface area contributed by atoms with Crippen LogP contribution in [-0.4, -0.2) is 50.5 Å². The summed E-state index contributed by atoms with van der Waals surface area (Å²) in [7, 11) is 3.41. The second-order valence-corrected chi connectivity index (χ2v) is 7.93. The van der Waals surface area contributed by atoms with Crippen LogP contribution in [0.5, 0.6) is 11.5 Å². The van der Waals surface area contributed by atoms with Crippen LogP contribution in [0.1, 0.15) is 23.2 Å². The van der Waals surface area contributed by atoms with Gasteiger partial charge in [-0.05, 0) is 34.7 Å². The van der Waals surface area contributed by atoms with Crippen molar-refractivity contribution < 1.29 is 23.1 Å². The van der Waals surface area contributed by atoms with Gasteiger partial charge in [0.05, 0.1) is 5.56 Å². The van der Waals surface area contributed by atoms with Crippen molar-refractivity contribution in [3.8, 4) is 11.5 Å². The fourth-order valence-electron chi connectivity index (χ4n) is 3.64. The molecule has 1 aromatic heterocycles. The molecule has 0 amide bonds. The summed E-state index contributed by atoms with van der Waals surface area (Å²) >= 11 is 0. The van der Waals surface area contributed by atoms with Gasteiger partial charge in [0.1, 0.15) is 5.75 Å². The third-order valence-corrected chi connectivity index (χ3v) is 5.40. The standard InChI is InChI=1S/C25H21F2N7O3/c1-33-24(28-31-32-33)23(16-9-4-3-5-10-16)30-35-15-21-29-34(2)25(37-21)17-11-6-7-13-19(17)36-20-14-8-12-18(26)22(20)27/h3-14,25H,15H2,1-2H3/b30-23-. The van der Waals surface area contributed by atoms with Crippen molar-refractivity contribution in [3.05, 3.63) is 101 Å². The van der Waals surface area contributed by atoms with Gasteiger partial charge in [-0.15, -0.1) is 10.2 Å². The maximum atomic E-state index is 14.2. The molecule has 0 bridgehead atoms. The lowest BCUT2D eigenvalue weighted by atomic mass is 10.1. The molecule has 0 fully saturated rings. The first-order valence-electron chi connectivity index (χ1n) is 11.2. The van der Waals surface area contributed by atoms with Crippen LogP contribution < -0.4 is 4.74 Å². The van der Waals surface area contributed by atoms with E-state index in [1.807, 2.05) is 30.3 Å². The van der Waals surface area contributed by atoms with Gasteiger partial charge in [-0.3, -0.25) is 5.01 Å². The minimum Gasteiger partial charge on any atom is -0.454 e. The number of aryl methyl sites for hydroxylation is 1. The molecule has 188 valence electrons. The van der Waals surface area contributed by atoms with Gasteiger partial charge in [-0.1, -0.05) is 53.7 Å². The Morgan fingerprint density at radius 3 is 2.51 bits per heavy atom. The van der Waals surface area contributed by atoms with E-state index in [2.05, 4.69) is 25.8 Å². The third kappa shape index (κ3) is 5.08. The Morgan fingerprint density at radius 1 is 0.973 bits per heavy atom. The summed E-state index contributed by atoms with van der Waals surface area (Å²) in [6.07, 6.45) is -0.688. The predicted octanol–water partition coefficient (Wildman–Crippen LogP) is 4.02. The lowest BCUT2D eigenvalue weighted by molar-refractivity contribution is 0.0658. The Bertz CT molecular complexity index is 1460. The number of halogens is 2. The molecule has 0 radical (unpaired) electrons. The van der Waals surface area contributed by atoms with Crippen LogP contribution in [0, 0.1) is 11.6 Å². The van der Waals surface area contributed by atoms with E-state index in [0.29, 0.717) is 22.8 Å². The molecule has 0 aliphatic carbocycles. The van der Waals surface area contributed by atoms with Crippen molar-refractivity contribution in [1.82, 2.24) is 25.2 Å². The van der Waals surface area contributed by atoms with E-state index in [1.165, 1.54) is 16.8 Å². The third-order valence-electron chi connectivity index (χ3n) is 5.40. The van der Waals surface area contributed by atoms with E-state index in [4.69, 9.17) is 14.3 Å². The zero-order valence-electron chi connectivity index (χ0n) is 19.8. The predicted molar refractivity (Wildman–Crippen MR) is 129 cm³/mol. The number of oxime groups is 1.